The van der Waals surface area contributed by atoms with Gasteiger partial charge in [-0.3, -0.25) is 14.5 Å². The molecule has 1 saturated carbocycles. The van der Waals surface area contributed by atoms with Crippen molar-refractivity contribution >= 4 is 11.9 Å². The molecule has 1 aromatic heterocycles. The molecule has 1 spiro atoms. The van der Waals surface area contributed by atoms with Crippen LogP contribution in [0.1, 0.15) is 62.6 Å². The van der Waals surface area contributed by atoms with Crippen molar-refractivity contribution < 1.29 is 19.2 Å². The van der Waals surface area contributed by atoms with Crippen LogP contribution >= 0.6 is 0 Å². The molecule has 1 N–H and O–H groups in total. The lowest BCUT2D eigenvalue weighted by molar-refractivity contribution is -0.146. The number of rotatable bonds is 4. The minimum absolute atomic E-state index is 0.0646. The summed E-state index contributed by atoms with van der Waals surface area (Å²) < 4.78 is 5.44. The van der Waals surface area contributed by atoms with Crippen molar-refractivity contribution in [3.8, 4) is 0 Å². The quantitative estimate of drug-likeness (QED) is 0.869. The molecule has 142 valence electrons. The maximum absolute atomic E-state index is 12.1. The van der Waals surface area contributed by atoms with Gasteiger partial charge in [-0.1, -0.05) is 18.0 Å². The molecule has 2 saturated heterocycles. The highest BCUT2D eigenvalue weighted by Crippen LogP contribution is 2.43. The van der Waals surface area contributed by atoms with Crippen LogP contribution in [0.2, 0.25) is 0 Å². The van der Waals surface area contributed by atoms with Crippen molar-refractivity contribution in [1.82, 2.24) is 19.9 Å². The summed E-state index contributed by atoms with van der Waals surface area (Å²) in [5, 5.41) is 13.7. The van der Waals surface area contributed by atoms with Crippen LogP contribution in [-0.2, 0) is 16.1 Å². The van der Waals surface area contributed by atoms with Crippen LogP contribution in [0, 0.1) is 5.92 Å². The Morgan fingerprint density at radius 2 is 2.00 bits per heavy atom. The molecule has 3 heterocycles. The summed E-state index contributed by atoms with van der Waals surface area (Å²) >= 11 is 0. The third-order valence-electron chi connectivity index (χ3n) is 6.64. The Balaban J connectivity index is 1.39. The average Bonchev–Trinajstić information content (AvgIpc) is 3.34. The number of aromatic nitrogens is 2. The fourth-order valence-electron chi connectivity index (χ4n) is 4.95. The number of nitrogens with zero attached hydrogens (tertiary/aromatic N) is 4. The summed E-state index contributed by atoms with van der Waals surface area (Å²) in [5.41, 5.74) is -0.550. The zero-order valence-electron chi connectivity index (χ0n) is 15.2. The first-order valence-corrected chi connectivity index (χ1v) is 9.54. The first-order valence-electron chi connectivity index (χ1n) is 9.54. The molecule has 0 bridgehead atoms. The van der Waals surface area contributed by atoms with E-state index in [1.165, 1.54) is 12.8 Å². The van der Waals surface area contributed by atoms with Crippen molar-refractivity contribution in [3.63, 3.8) is 0 Å². The Labute approximate surface area is 152 Å². The van der Waals surface area contributed by atoms with Gasteiger partial charge in [0.1, 0.15) is 0 Å². The third kappa shape index (κ3) is 2.90. The van der Waals surface area contributed by atoms with Crippen molar-refractivity contribution in [2.75, 3.05) is 20.1 Å². The van der Waals surface area contributed by atoms with E-state index in [0.717, 1.165) is 31.8 Å². The van der Waals surface area contributed by atoms with Crippen LogP contribution in [0.25, 0.3) is 0 Å². The number of carbonyl (C=O) groups excluding carboxylic acids is 1. The number of piperidine rings is 1. The standard InChI is InChI=1S/C18H26N4O4/c1-21-15(23)10-13(17(24)25)18(21)6-8-22(9-7-18)11-14-19-16(26-20-14)12-4-2-3-5-12/h12-13H,2-11H2,1H3,(H,24,25). The summed E-state index contributed by atoms with van der Waals surface area (Å²) in [7, 11) is 1.74. The van der Waals surface area contributed by atoms with E-state index in [4.69, 9.17) is 4.52 Å². The SMILES string of the molecule is CN1C(=O)CC(C(=O)O)C12CCN(Cc1noc(C3CCCC3)n1)CC2. The Morgan fingerprint density at radius 3 is 2.65 bits per heavy atom. The van der Waals surface area contributed by atoms with E-state index in [1.54, 1.807) is 11.9 Å². The topological polar surface area (TPSA) is 99.8 Å². The Morgan fingerprint density at radius 1 is 1.31 bits per heavy atom. The largest absolute Gasteiger partial charge is 0.481 e. The van der Waals surface area contributed by atoms with Crippen LogP contribution in [0.15, 0.2) is 4.52 Å². The van der Waals surface area contributed by atoms with Crippen molar-refractivity contribution in [2.45, 2.75) is 62.9 Å². The van der Waals surface area contributed by atoms with E-state index in [2.05, 4.69) is 15.0 Å². The molecule has 1 amide bonds. The van der Waals surface area contributed by atoms with Crippen molar-refractivity contribution in [3.05, 3.63) is 11.7 Å². The Bertz CT molecular complexity index is 689. The molecule has 3 fully saturated rings. The summed E-state index contributed by atoms with van der Waals surface area (Å²) in [6.45, 7) is 2.07. The zero-order chi connectivity index (χ0) is 18.3. The smallest absolute Gasteiger partial charge is 0.309 e. The zero-order valence-corrected chi connectivity index (χ0v) is 15.2. The first-order chi connectivity index (χ1) is 12.5. The molecule has 1 aliphatic carbocycles. The van der Waals surface area contributed by atoms with E-state index in [1.807, 2.05) is 0 Å². The molecule has 1 aromatic rings. The van der Waals surface area contributed by atoms with E-state index in [-0.39, 0.29) is 12.3 Å². The van der Waals surface area contributed by atoms with Gasteiger partial charge < -0.3 is 14.5 Å². The number of carboxylic acid groups (broad SMARTS) is 1. The third-order valence-corrected chi connectivity index (χ3v) is 6.64. The fraction of sp³-hybridized carbons (Fsp3) is 0.778. The number of aliphatic carboxylic acids is 1. The second kappa shape index (κ2) is 6.64. The van der Waals surface area contributed by atoms with E-state index in [0.29, 0.717) is 31.1 Å². The minimum Gasteiger partial charge on any atom is -0.481 e. The van der Waals surface area contributed by atoms with Crippen LogP contribution in [0.5, 0.6) is 0 Å². The summed E-state index contributed by atoms with van der Waals surface area (Å²) in [5.74, 6) is 0.337. The molecule has 8 nitrogen and oxygen atoms in total. The van der Waals surface area contributed by atoms with Gasteiger partial charge in [0.15, 0.2) is 5.82 Å². The van der Waals surface area contributed by atoms with Gasteiger partial charge in [-0.05, 0) is 25.7 Å². The van der Waals surface area contributed by atoms with Crippen LogP contribution in [0.3, 0.4) is 0 Å². The monoisotopic (exact) mass is 362 g/mol. The van der Waals surface area contributed by atoms with Crippen molar-refractivity contribution in [1.29, 1.82) is 0 Å². The average molecular weight is 362 g/mol. The predicted octanol–water partition coefficient (Wildman–Crippen LogP) is 1.62. The number of hydrogen-bond acceptors (Lipinski definition) is 6. The Kier molecular flexibility index (Phi) is 4.46. The van der Waals surface area contributed by atoms with Crippen LogP contribution in [0.4, 0.5) is 0 Å². The van der Waals surface area contributed by atoms with E-state index >= 15 is 0 Å². The van der Waals surface area contributed by atoms with Gasteiger partial charge >= 0.3 is 5.97 Å². The van der Waals surface area contributed by atoms with Gasteiger partial charge in [0.05, 0.1) is 18.0 Å². The van der Waals surface area contributed by atoms with Gasteiger partial charge in [0.2, 0.25) is 11.8 Å². The molecule has 0 aromatic carbocycles. The molecule has 1 unspecified atom stereocenters. The summed E-state index contributed by atoms with van der Waals surface area (Å²) in [6, 6.07) is 0. The molecule has 8 heteroatoms. The van der Waals surface area contributed by atoms with Gasteiger partial charge in [0.25, 0.3) is 0 Å². The van der Waals surface area contributed by atoms with Gasteiger partial charge in [-0.15, -0.1) is 0 Å². The lowest BCUT2D eigenvalue weighted by Crippen LogP contribution is -2.56. The predicted molar refractivity (Wildman–Crippen MR) is 91.3 cm³/mol. The molecule has 2 aliphatic heterocycles. The highest BCUT2D eigenvalue weighted by Gasteiger charge is 2.55. The highest BCUT2D eigenvalue weighted by atomic mass is 16.5. The molecule has 0 radical (unpaired) electrons. The fourth-order valence-corrected chi connectivity index (χ4v) is 4.95. The molecular weight excluding hydrogens is 336 g/mol. The van der Waals surface area contributed by atoms with Gasteiger partial charge in [-0.2, -0.15) is 4.98 Å². The normalized spacial score (nSPS) is 26.9. The second-order valence-electron chi connectivity index (χ2n) is 7.96. The number of carboxylic acids is 1. The highest BCUT2D eigenvalue weighted by molar-refractivity contribution is 5.88. The Hall–Kier alpha value is -1.96. The molecular formula is C18H26N4O4. The number of hydrogen-bond donors (Lipinski definition) is 1. The second-order valence-corrected chi connectivity index (χ2v) is 7.96. The van der Waals surface area contributed by atoms with E-state index in [9.17, 15) is 14.7 Å². The lowest BCUT2D eigenvalue weighted by atomic mass is 9.77. The van der Waals surface area contributed by atoms with Crippen LogP contribution in [-0.4, -0.2) is 62.6 Å². The molecule has 4 rings (SSSR count). The van der Waals surface area contributed by atoms with Crippen LogP contribution < -0.4 is 0 Å². The van der Waals surface area contributed by atoms with Crippen molar-refractivity contribution in [2.24, 2.45) is 5.92 Å². The number of likely N-dealkylation sites (tertiary alicyclic amines) is 2. The summed E-state index contributed by atoms with van der Waals surface area (Å²) in [6.07, 6.45) is 6.16. The minimum atomic E-state index is -0.865. The molecule has 1 atom stereocenters. The maximum atomic E-state index is 12.1. The molecule has 26 heavy (non-hydrogen) atoms. The van der Waals surface area contributed by atoms with Gasteiger partial charge in [-0.25, -0.2) is 0 Å². The summed E-state index contributed by atoms with van der Waals surface area (Å²) in [4.78, 5) is 32.2. The van der Waals surface area contributed by atoms with E-state index < -0.39 is 17.4 Å². The maximum Gasteiger partial charge on any atom is 0.309 e. The first kappa shape index (κ1) is 17.5. The lowest BCUT2D eigenvalue weighted by Gasteiger charge is -2.45. The number of carbonyl (C=O) groups is 2. The number of amides is 1. The van der Waals surface area contributed by atoms with Gasteiger partial charge in [0, 0.05) is 32.5 Å². The molecule has 3 aliphatic rings.